The summed E-state index contributed by atoms with van der Waals surface area (Å²) in [6.07, 6.45) is 4.49. The smallest absolute Gasteiger partial charge is 0.145 e. The van der Waals surface area contributed by atoms with E-state index in [1.165, 1.54) is 5.57 Å². The summed E-state index contributed by atoms with van der Waals surface area (Å²) in [7, 11) is 0. The minimum absolute atomic E-state index is 0.137. The number of allylic oxidation sites excluding steroid dienone is 1. The van der Waals surface area contributed by atoms with Gasteiger partial charge in [0, 0.05) is 6.42 Å². The third-order valence-electron chi connectivity index (χ3n) is 6.08. The number of ether oxygens (including phenoxy) is 2. The highest BCUT2D eigenvalue weighted by Crippen LogP contribution is 2.69. The summed E-state index contributed by atoms with van der Waals surface area (Å²) in [6, 6.07) is 0. The molecule has 2 aliphatic carbocycles. The molecule has 102 valence electrons. The monoisotopic (exact) mass is 262 g/mol. The highest BCUT2D eigenvalue weighted by atomic mass is 16.6. The molecular formula is C15H18O4. The number of Topliss-reactive ketones (excluding diaryl/α,β-unsaturated/α-hetero) is 1. The van der Waals surface area contributed by atoms with Crippen molar-refractivity contribution in [3.05, 3.63) is 11.6 Å². The van der Waals surface area contributed by atoms with Gasteiger partial charge in [0.15, 0.2) is 0 Å². The molecule has 1 spiro atoms. The van der Waals surface area contributed by atoms with Gasteiger partial charge in [-0.3, -0.25) is 4.79 Å². The van der Waals surface area contributed by atoms with Crippen LogP contribution in [-0.4, -0.2) is 36.5 Å². The van der Waals surface area contributed by atoms with Crippen molar-refractivity contribution < 1.29 is 19.1 Å². The Hall–Kier alpha value is -1.00. The number of epoxide rings is 1. The Morgan fingerprint density at radius 2 is 2.21 bits per heavy atom. The zero-order valence-corrected chi connectivity index (χ0v) is 11.3. The second kappa shape index (κ2) is 3.18. The van der Waals surface area contributed by atoms with Crippen molar-refractivity contribution in [2.45, 2.75) is 50.9 Å². The number of rotatable bonds is 1. The SMILES string of the molecule is CC1=C[C@H]2O[C@@H]3CC(=O)[C@@](C)(C34CO4)[C@@]2(C=O)CC1. The standard InChI is InChI=1S/C15H18O4/c1-9-3-4-14(7-16)11(5-9)19-12-6-10(17)13(14,2)15(12)8-18-15/h5,7,11-12H,3-4,6,8H2,1-2H3/t11-,12-,13-,14-,15?/m1/s1. The maximum absolute atomic E-state index is 12.6. The summed E-state index contributed by atoms with van der Waals surface area (Å²) >= 11 is 0. The molecule has 0 aromatic heterocycles. The molecule has 0 aromatic carbocycles. The summed E-state index contributed by atoms with van der Waals surface area (Å²) in [5.41, 5.74) is -0.745. The summed E-state index contributed by atoms with van der Waals surface area (Å²) in [6.45, 7) is 4.54. The van der Waals surface area contributed by atoms with E-state index in [4.69, 9.17) is 9.47 Å². The molecule has 1 unspecified atom stereocenters. The first-order valence-corrected chi connectivity index (χ1v) is 6.96. The van der Waals surface area contributed by atoms with Crippen LogP contribution in [0.5, 0.6) is 0 Å². The lowest BCUT2D eigenvalue weighted by Gasteiger charge is -2.53. The minimum atomic E-state index is -0.743. The zero-order chi connectivity index (χ0) is 13.5. The van der Waals surface area contributed by atoms with Gasteiger partial charge in [0.2, 0.25) is 0 Å². The molecule has 0 N–H and O–H groups in total. The van der Waals surface area contributed by atoms with Crippen molar-refractivity contribution in [1.82, 2.24) is 0 Å². The van der Waals surface area contributed by atoms with Crippen LogP contribution in [0.25, 0.3) is 0 Å². The normalized spacial score (nSPS) is 54.8. The molecule has 3 fully saturated rings. The van der Waals surface area contributed by atoms with Gasteiger partial charge in [0.25, 0.3) is 0 Å². The van der Waals surface area contributed by atoms with Crippen molar-refractivity contribution in [3.8, 4) is 0 Å². The summed E-state index contributed by atoms with van der Waals surface area (Å²) in [5.74, 6) is 0.137. The molecule has 4 heteroatoms. The van der Waals surface area contributed by atoms with Crippen LogP contribution in [0.15, 0.2) is 11.6 Å². The van der Waals surface area contributed by atoms with Gasteiger partial charge >= 0.3 is 0 Å². The van der Waals surface area contributed by atoms with Crippen LogP contribution >= 0.6 is 0 Å². The van der Waals surface area contributed by atoms with Gasteiger partial charge in [-0.1, -0.05) is 11.6 Å². The summed E-state index contributed by atoms with van der Waals surface area (Å²) < 4.78 is 11.8. The van der Waals surface area contributed by atoms with Crippen LogP contribution in [0.2, 0.25) is 0 Å². The molecule has 2 aliphatic heterocycles. The molecule has 1 saturated carbocycles. The van der Waals surface area contributed by atoms with Crippen LogP contribution < -0.4 is 0 Å². The molecule has 4 rings (SSSR count). The number of ketones is 1. The minimum Gasteiger partial charge on any atom is -0.366 e. The molecule has 0 radical (unpaired) electrons. The third-order valence-corrected chi connectivity index (χ3v) is 6.08. The van der Waals surface area contributed by atoms with E-state index in [0.29, 0.717) is 19.4 Å². The molecule has 0 aromatic rings. The molecule has 4 aliphatic rings. The van der Waals surface area contributed by atoms with Gasteiger partial charge in [-0.15, -0.1) is 0 Å². The second-order valence-electron chi connectivity index (χ2n) is 6.65. The van der Waals surface area contributed by atoms with E-state index in [2.05, 4.69) is 6.92 Å². The number of carbonyl (C=O) groups excluding carboxylic acids is 2. The van der Waals surface area contributed by atoms with Gasteiger partial charge in [-0.2, -0.15) is 0 Å². The van der Waals surface area contributed by atoms with Crippen molar-refractivity contribution in [1.29, 1.82) is 0 Å². The lowest BCUT2D eigenvalue weighted by Crippen LogP contribution is -2.64. The van der Waals surface area contributed by atoms with Gasteiger partial charge in [-0.05, 0) is 26.7 Å². The van der Waals surface area contributed by atoms with E-state index < -0.39 is 16.4 Å². The molecule has 2 heterocycles. The predicted molar refractivity (Wildman–Crippen MR) is 66.6 cm³/mol. The summed E-state index contributed by atoms with van der Waals surface area (Å²) in [4.78, 5) is 24.6. The Morgan fingerprint density at radius 3 is 2.84 bits per heavy atom. The van der Waals surface area contributed by atoms with E-state index in [1.807, 2.05) is 13.0 Å². The average Bonchev–Trinajstić information content (AvgIpc) is 3.15. The third kappa shape index (κ3) is 1.03. The van der Waals surface area contributed by atoms with Crippen molar-refractivity contribution in [2.75, 3.05) is 6.61 Å². The Kier molecular flexibility index (Phi) is 1.97. The van der Waals surface area contributed by atoms with Crippen molar-refractivity contribution in [3.63, 3.8) is 0 Å². The molecule has 2 saturated heterocycles. The number of hydrogen-bond acceptors (Lipinski definition) is 4. The molecule has 5 atom stereocenters. The molecule has 2 bridgehead atoms. The largest absolute Gasteiger partial charge is 0.366 e. The molecule has 0 amide bonds. The first kappa shape index (κ1) is 11.8. The van der Waals surface area contributed by atoms with Crippen LogP contribution in [0.4, 0.5) is 0 Å². The Labute approximate surface area is 112 Å². The van der Waals surface area contributed by atoms with E-state index in [-0.39, 0.29) is 18.0 Å². The lowest BCUT2D eigenvalue weighted by molar-refractivity contribution is -0.193. The predicted octanol–water partition coefficient (Wildman–Crippen LogP) is 1.43. The van der Waals surface area contributed by atoms with Crippen LogP contribution in [0.3, 0.4) is 0 Å². The van der Waals surface area contributed by atoms with Gasteiger partial charge < -0.3 is 14.3 Å². The zero-order valence-electron chi connectivity index (χ0n) is 11.3. The highest BCUT2D eigenvalue weighted by Gasteiger charge is 2.82. The first-order valence-electron chi connectivity index (χ1n) is 6.96. The number of hydrogen-bond donors (Lipinski definition) is 0. The van der Waals surface area contributed by atoms with Crippen molar-refractivity contribution in [2.24, 2.45) is 10.8 Å². The maximum atomic E-state index is 12.6. The van der Waals surface area contributed by atoms with Crippen molar-refractivity contribution >= 4 is 12.1 Å². The lowest BCUT2D eigenvalue weighted by atomic mass is 9.52. The van der Waals surface area contributed by atoms with E-state index in [0.717, 1.165) is 12.7 Å². The van der Waals surface area contributed by atoms with Crippen LogP contribution in [0, 0.1) is 10.8 Å². The fourth-order valence-electron chi connectivity index (χ4n) is 4.61. The van der Waals surface area contributed by atoms with E-state index in [9.17, 15) is 9.59 Å². The Morgan fingerprint density at radius 1 is 1.47 bits per heavy atom. The summed E-state index contributed by atoms with van der Waals surface area (Å²) in [5, 5.41) is 0. The fraction of sp³-hybridized carbons (Fsp3) is 0.733. The maximum Gasteiger partial charge on any atom is 0.145 e. The Balaban J connectivity index is 1.94. The van der Waals surface area contributed by atoms with E-state index >= 15 is 0 Å². The number of fused-ring (bicyclic) bond motifs is 2. The molecular weight excluding hydrogens is 244 g/mol. The van der Waals surface area contributed by atoms with Crippen LogP contribution in [-0.2, 0) is 19.1 Å². The topological polar surface area (TPSA) is 55.9 Å². The van der Waals surface area contributed by atoms with Crippen LogP contribution in [0.1, 0.15) is 33.1 Å². The quantitative estimate of drug-likeness (QED) is 0.407. The fourth-order valence-corrected chi connectivity index (χ4v) is 4.61. The van der Waals surface area contributed by atoms with E-state index in [1.54, 1.807) is 0 Å². The average molecular weight is 262 g/mol. The second-order valence-corrected chi connectivity index (χ2v) is 6.65. The van der Waals surface area contributed by atoms with Gasteiger partial charge in [0.1, 0.15) is 17.7 Å². The molecule has 19 heavy (non-hydrogen) atoms. The first-order chi connectivity index (χ1) is 9.00. The number of aldehydes is 1. The van der Waals surface area contributed by atoms with Gasteiger partial charge in [0.05, 0.1) is 29.6 Å². The Bertz CT molecular complexity index is 518. The molecule has 4 nitrogen and oxygen atoms in total. The highest BCUT2D eigenvalue weighted by molar-refractivity contribution is 5.95. The number of carbonyl (C=O) groups is 2. The van der Waals surface area contributed by atoms with Gasteiger partial charge in [-0.25, -0.2) is 0 Å².